The molecular weight excluding hydrogens is 306 g/mol. The van der Waals surface area contributed by atoms with Gasteiger partial charge in [-0.1, -0.05) is 11.6 Å². The van der Waals surface area contributed by atoms with Crippen LogP contribution < -0.4 is 15.0 Å². The van der Waals surface area contributed by atoms with Gasteiger partial charge in [0.2, 0.25) is 0 Å². The third kappa shape index (κ3) is 3.01. The summed E-state index contributed by atoms with van der Waals surface area (Å²) in [5.74, 6) is 1.99. The van der Waals surface area contributed by atoms with E-state index >= 15 is 0 Å². The second kappa shape index (κ2) is 6.03. The molecular formula is C15H13ClN3O3+. The predicted molar refractivity (Wildman–Crippen MR) is 82.6 cm³/mol. The van der Waals surface area contributed by atoms with E-state index in [-0.39, 0.29) is 10.7 Å². The van der Waals surface area contributed by atoms with Gasteiger partial charge in [-0.2, -0.15) is 0 Å². The molecule has 3 rings (SSSR count). The van der Waals surface area contributed by atoms with Crippen LogP contribution >= 0.6 is 11.6 Å². The molecule has 0 aliphatic carbocycles. The van der Waals surface area contributed by atoms with Gasteiger partial charge in [0.25, 0.3) is 11.5 Å². The molecule has 0 atom stereocenters. The lowest BCUT2D eigenvalue weighted by Gasteiger charge is -2.07. The Morgan fingerprint density at radius 2 is 2.00 bits per heavy atom. The van der Waals surface area contributed by atoms with Crippen LogP contribution in [0.4, 0.5) is 5.69 Å². The SMILES string of the molecule is O=[N+]([O-])c1ccc(Oc2ccc(C3=[NH+]CCN3)cc2)c(Cl)c1. The highest BCUT2D eigenvalue weighted by Gasteiger charge is 2.15. The van der Waals surface area contributed by atoms with Gasteiger partial charge in [0.05, 0.1) is 15.5 Å². The molecule has 1 aliphatic rings. The van der Waals surface area contributed by atoms with Crippen LogP contribution in [0.1, 0.15) is 5.56 Å². The summed E-state index contributed by atoms with van der Waals surface area (Å²) in [7, 11) is 0. The number of nitro groups is 1. The summed E-state index contributed by atoms with van der Waals surface area (Å²) in [6.07, 6.45) is 0. The first kappa shape index (κ1) is 14.3. The molecule has 22 heavy (non-hydrogen) atoms. The van der Waals surface area contributed by atoms with Crippen LogP contribution in [0.15, 0.2) is 42.5 Å². The normalized spacial score (nSPS) is 13.4. The fourth-order valence-electron chi connectivity index (χ4n) is 2.14. The van der Waals surface area contributed by atoms with E-state index in [1.807, 2.05) is 24.3 Å². The van der Waals surface area contributed by atoms with E-state index in [0.29, 0.717) is 11.5 Å². The Morgan fingerprint density at radius 1 is 1.23 bits per heavy atom. The van der Waals surface area contributed by atoms with Crippen molar-refractivity contribution in [1.29, 1.82) is 0 Å². The molecule has 2 aromatic carbocycles. The molecule has 0 saturated carbocycles. The first-order valence-electron chi connectivity index (χ1n) is 6.70. The van der Waals surface area contributed by atoms with Crippen molar-refractivity contribution < 1.29 is 14.7 Å². The van der Waals surface area contributed by atoms with Crippen LogP contribution in [-0.4, -0.2) is 23.8 Å². The number of benzene rings is 2. The van der Waals surface area contributed by atoms with Gasteiger partial charge >= 0.3 is 0 Å². The van der Waals surface area contributed by atoms with E-state index < -0.39 is 4.92 Å². The minimum atomic E-state index is -0.497. The number of nitro benzene ring substituents is 1. The predicted octanol–water partition coefficient (Wildman–Crippen LogP) is 1.47. The largest absolute Gasteiger partial charge is 0.456 e. The second-order valence-corrected chi connectivity index (χ2v) is 5.13. The first-order valence-corrected chi connectivity index (χ1v) is 7.08. The number of ether oxygens (including phenoxy) is 1. The smallest absolute Gasteiger partial charge is 0.275 e. The van der Waals surface area contributed by atoms with Gasteiger partial charge in [-0.15, -0.1) is 0 Å². The van der Waals surface area contributed by atoms with Crippen LogP contribution in [0.5, 0.6) is 11.5 Å². The summed E-state index contributed by atoms with van der Waals surface area (Å²) in [6.45, 7) is 1.82. The number of hydrogen-bond acceptors (Lipinski definition) is 4. The summed E-state index contributed by atoms with van der Waals surface area (Å²) in [6, 6.07) is 11.6. The molecule has 0 radical (unpaired) electrons. The molecule has 6 nitrogen and oxygen atoms in total. The van der Waals surface area contributed by atoms with Crippen LogP contribution in [-0.2, 0) is 0 Å². The second-order valence-electron chi connectivity index (χ2n) is 4.73. The maximum atomic E-state index is 10.7. The topological polar surface area (TPSA) is 78.4 Å². The van der Waals surface area contributed by atoms with E-state index in [0.717, 1.165) is 24.5 Å². The van der Waals surface area contributed by atoms with Crippen LogP contribution in [0, 0.1) is 10.1 Å². The van der Waals surface area contributed by atoms with Gasteiger partial charge in [-0.25, -0.2) is 0 Å². The Labute approximate surface area is 131 Å². The highest BCUT2D eigenvalue weighted by molar-refractivity contribution is 6.32. The zero-order valence-corrected chi connectivity index (χ0v) is 12.3. The quantitative estimate of drug-likeness (QED) is 0.661. The molecule has 2 aromatic rings. The highest BCUT2D eigenvalue weighted by Crippen LogP contribution is 2.32. The van der Waals surface area contributed by atoms with Crippen molar-refractivity contribution in [3.63, 3.8) is 0 Å². The van der Waals surface area contributed by atoms with Gasteiger partial charge < -0.3 is 4.74 Å². The van der Waals surface area contributed by atoms with E-state index in [1.54, 1.807) is 0 Å². The van der Waals surface area contributed by atoms with E-state index in [4.69, 9.17) is 16.3 Å². The maximum absolute atomic E-state index is 10.7. The number of nitrogens with zero attached hydrogens (tertiary/aromatic N) is 1. The van der Waals surface area contributed by atoms with Crippen molar-refractivity contribution in [1.82, 2.24) is 5.32 Å². The van der Waals surface area contributed by atoms with Gasteiger partial charge in [0.1, 0.15) is 24.6 Å². The average Bonchev–Trinajstić information content (AvgIpc) is 3.04. The molecule has 112 valence electrons. The lowest BCUT2D eigenvalue weighted by Crippen LogP contribution is -2.70. The molecule has 0 fully saturated rings. The Kier molecular flexibility index (Phi) is 3.93. The first-order chi connectivity index (χ1) is 10.6. The van der Waals surface area contributed by atoms with Crippen LogP contribution in [0.3, 0.4) is 0 Å². The number of amidine groups is 1. The highest BCUT2D eigenvalue weighted by atomic mass is 35.5. The summed E-state index contributed by atoms with van der Waals surface area (Å²) in [5, 5.41) is 14.1. The number of nitrogens with one attached hydrogen (secondary N) is 2. The van der Waals surface area contributed by atoms with Gasteiger partial charge in [0, 0.05) is 12.1 Å². The van der Waals surface area contributed by atoms with E-state index in [2.05, 4.69) is 10.3 Å². The van der Waals surface area contributed by atoms with Gasteiger partial charge in [-0.05, 0) is 30.3 Å². The molecule has 0 saturated heterocycles. The monoisotopic (exact) mass is 318 g/mol. The molecule has 0 spiro atoms. The van der Waals surface area contributed by atoms with Crippen molar-refractivity contribution in [2.45, 2.75) is 0 Å². The number of non-ortho nitro benzene ring substituents is 1. The van der Waals surface area contributed by atoms with Crippen LogP contribution in [0.2, 0.25) is 5.02 Å². The summed E-state index contributed by atoms with van der Waals surface area (Å²) < 4.78 is 5.66. The zero-order valence-electron chi connectivity index (χ0n) is 11.5. The molecule has 7 heteroatoms. The zero-order chi connectivity index (χ0) is 15.5. The van der Waals surface area contributed by atoms with Crippen molar-refractivity contribution in [2.75, 3.05) is 13.1 Å². The van der Waals surface area contributed by atoms with Crippen molar-refractivity contribution in [3.05, 3.63) is 63.2 Å². The number of hydrogen-bond donors (Lipinski definition) is 2. The van der Waals surface area contributed by atoms with E-state index in [9.17, 15) is 10.1 Å². The van der Waals surface area contributed by atoms with Gasteiger partial charge in [-0.3, -0.25) is 20.4 Å². The lowest BCUT2D eigenvalue weighted by molar-refractivity contribution is -0.444. The maximum Gasteiger partial charge on any atom is 0.275 e. The summed E-state index contributed by atoms with van der Waals surface area (Å²) >= 11 is 6.00. The molecule has 0 aromatic heterocycles. The fraction of sp³-hybridized carbons (Fsp3) is 0.133. The number of rotatable bonds is 4. The molecule has 1 aliphatic heterocycles. The average molecular weight is 319 g/mol. The lowest BCUT2D eigenvalue weighted by atomic mass is 10.2. The summed E-state index contributed by atoms with van der Waals surface area (Å²) in [5.41, 5.74) is 0.974. The molecule has 0 bridgehead atoms. The molecule has 0 amide bonds. The minimum Gasteiger partial charge on any atom is -0.456 e. The fourth-order valence-corrected chi connectivity index (χ4v) is 2.36. The molecule has 0 unspecified atom stereocenters. The summed E-state index contributed by atoms with van der Waals surface area (Å²) in [4.78, 5) is 13.4. The Morgan fingerprint density at radius 3 is 2.59 bits per heavy atom. The van der Waals surface area contributed by atoms with Crippen LogP contribution in [0.25, 0.3) is 0 Å². The standard InChI is InChI=1S/C15H12ClN3O3/c16-13-9-11(19(20)21)3-6-14(13)22-12-4-1-10(2-5-12)15-17-7-8-18-15/h1-6,9H,7-8H2,(H,17,18)/p+1. The van der Waals surface area contributed by atoms with Crippen molar-refractivity contribution in [2.24, 2.45) is 0 Å². The molecule has 2 N–H and O–H groups in total. The Bertz CT molecular complexity index is 744. The van der Waals surface area contributed by atoms with Crippen molar-refractivity contribution in [3.8, 4) is 11.5 Å². The van der Waals surface area contributed by atoms with Crippen molar-refractivity contribution >= 4 is 23.1 Å². The Hall–Kier alpha value is -2.60. The Balaban J connectivity index is 1.77. The van der Waals surface area contributed by atoms with E-state index in [1.165, 1.54) is 18.2 Å². The van der Waals surface area contributed by atoms with Gasteiger partial charge in [0.15, 0.2) is 0 Å². The molecule has 1 heterocycles. The number of halogens is 1. The third-order valence-electron chi connectivity index (χ3n) is 3.23. The minimum absolute atomic E-state index is 0.0671. The third-order valence-corrected chi connectivity index (χ3v) is 3.52.